The van der Waals surface area contributed by atoms with E-state index in [0.717, 1.165) is 0 Å². The molecular formula is C12H16ClN3. The van der Waals surface area contributed by atoms with Crippen molar-refractivity contribution in [1.29, 1.82) is 0 Å². The Balaban J connectivity index is 3.05. The molecule has 0 saturated heterocycles. The Labute approximate surface area is 102 Å². The molecule has 1 rings (SSSR count). The Morgan fingerprint density at radius 3 is 2.56 bits per heavy atom. The monoisotopic (exact) mass is 237 g/mol. The Kier molecular flexibility index (Phi) is 3.77. The van der Waals surface area contributed by atoms with Crippen LogP contribution < -0.4 is 5.32 Å². The summed E-state index contributed by atoms with van der Waals surface area (Å²) in [4.78, 5) is 8.59. The molecule has 0 fully saturated rings. The molecule has 4 heteroatoms. The summed E-state index contributed by atoms with van der Waals surface area (Å²) in [6.45, 7) is 7.99. The lowest BCUT2D eigenvalue weighted by Crippen LogP contribution is -2.19. The van der Waals surface area contributed by atoms with Crippen LogP contribution in [0, 0.1) is 12.3 Å². The molecule has 0 spiro atoms. The predicted octanol–water partition coefficient (Wildman–Crippen LogP) is 2.86. The largest absolute Gasteiger partial charge is 0.357 e. The summed E-state index contributed by atoms with van der Waals surface area (Å²) in [5.74, 6) is 3.94. The zero-order chi connectivity index (χ0) is 12.3. The smallest absolute Gasteiger partial charge is 0.137 e. The van der Waals surface area contributed by atoms with Crippen LogP contribution >= 0.6 is 11.6 Å². The molecule has 1 unspecified atom stereocenters. The minimum atomic E-state index is -0.138. The van der Waals surface area contributed by atoms with Gasteiger partial charge in [0.1, 0.15) is 16.8 Å². The van der Waals surface area contributed by atoms with Crippen molar-refractivity contribution in [2.45, 2.75) is 39.2 Å². The van der Waals surface area contributed by atoms with Crippen molar-refractivity contribution >= 4 is 17.4 Å². The average Bonchev–Trinajstić information content (AvgIpc) is 2.15. The molecule has 0 aromatic carbocycles. The number of hydrogen-bond donors (Lipinski definition) is 1. The van der Waals surface area contributed by atoms with Crippen molar-refractivity contribution < 1.29 is 0 Å². The highest BCUT2D eigenvalue weighted by Gasteiger charge is 2.18. The van der Waals surface area contributed by atoms with E-state index >= 15 is 0 Å². The first-order chi connectivity index (χ1) is 7.32. The summed E-state index contributed by atoms with van der Waals surface area (Å²) in [5.41, 5.74) is -0.138. The second-order valence-electron chi connectivity index (χ2n) is 4.68. The maximum atomic E-state index is 5.94. The molecule has 1 heterocycles. The van der Waals surface area contributed by atoms with Gasteiger partial charge in [-0.2, -0.15) is 0 Å². The maximum absolute atomic E-state index is 5.94. The number of nitrogens with one attached hydrogen (secondary N) is 1. The number of nitrogens with zero attached hydrogens (tertiary/aromatic N) is 2. The van der Waals surface area contributed by atoms with Gasteiger partial charge in [0.15, 0.2) is 0 Å². The lowest BCUT2D eigenvalue weighted by Gasteiger charge is -2.18. The fourth-order valence-corrected chi connectivity index (χ4v) is 1.27. The summed E-state index contributed by atoms with van der Waals surface area (Å²) >= 11 is 5.94. The number of halogens is 1. The first kappa shape index (κ1) is 12.8. The van der Waals surface area contributed by atoms with Crippen molar-refractivity contribution in [1.82, 2.24) is 9.97 Å². The number of terminal acetylenes is 1. The first-order valence-corrected chi connectivity index (χ1v) is 5.48. The molecule has 16 heavy (non-hydrogen) atoms. The van der Waals surface area contributed by atoms with Crippen LogP contribution in [0.2, 0.25) is 5.15 Å². The third-order valence-electron chi connectivity index (χ3n) is 1.98. The topological polar surface area (TPSA) is 37.8 Å². The van der Waals surface area contributed by atoms with Crippen LogP contribution in [0.5, 0.6) is 0 Å². The molecule has 0 amide bonds. The van der Waals surface area contributed by atoms with Crippen LogP contribution in [0.1, 0.15) is 33.5 Å². The molecule has 0 aliphatic carbocycles. The quantitative estimate of drug-likeness (QED) is 0.635. The van der Waals surface area contributed by atoms with Gasteiger partial charge in [0, 0.05) is 11.5 Å². The fourth-order valence-electron chi connectivity index (χ4n) is 1.09. The second kappa shape index (κ2) is 4.71. The Bertz CT molecular complexity index is 415. The van der Waals surface area contributed by atoms with Gasteiger partial charge in [-0.05, 0) is 6.92 Å². The normalized spacial score (nSPS) is 13.0. The van der Waals surface area contributed by atoms with Crippen molar-refractivity contribution in [3.63, 3.8) is 0 Å². The van der Waals surface area contributed by atoms with E-state index in [2.05, 4.69) is 21.2 Å². The zero-order valence-electron chi connectivity index (χ0n) is 10.0. The molecule has 86 valence electrons. The molecular weight excluding hydrogens is 222 g/mol. The van der Waals surface area contributed by atoms with Gasteiger partial charge in [-0.25, -0.2) is 9.97 Å². The number of anilines is 1. The molecule has 0 aliphatic rings. The van der Waals surface area contributed by atoms with E-state index in [1.165, 1.54) is 0 Å². The summed E-state index contributed by atoms with van der Waals surface area (Å²) in [6, 6.07) is 1.59. The van der Waals surface area contributed by atoms with Crippen molar-refractivity contribution in [3.05, 3.63) is 17.0 Å². The maximum Gasteiger partial charge on any atom is 0.137 e. The number of aromatic nitrogens is 2. The van der Waals surface area contributed by atoms with E-state index in [-0.39, 0.29) is 11.5 Å². The lowest BCUT2D eigenvalue weighted by atomic mass is 9.96. The highest BCUT2D eigenvalue weighted by Crippen LogP contribution is 2.22. The minimum Gasteiger partial charge on any atom is -0.357 e. The molecule has 0 aliphatic heterocycles. The summed E-state index contributed by atoms with van der Waals surface area (Å²) in [6.07, 6.45) is 5.29. The molecule has 0 radical (unpaired) electrons. The highest BCUT2D eigenvalue weighted by molar-refractivity contribution is 6.29. The third kappa shape index (κ3) is 3.39. The lowest BCUT2D eigenvalue weighted by molar-refractivity contribution is 0.546. The third-order valence-corrected chi connectivity index (χ3v) is 2.17. The van der Waals surface area contributed by atoms with Gasteiger partial charge in [0.2, 0.25) is 0 Å². The number of hydrogen-bond acceptors (Lipinski definition) is 3. The van der Waals surface area contributed by atoms with Gasteiger partial charge < -0.3 is 5.32 Å². The molecule has 1 atom stereocenters. The van der Waals surface area contributed by atoms with Gasteiger partial charge in [-0.1, -0.05) is 38.3 Å². The van der Waals surface area contributed by atoms with E-state index in [0.29, 0.717) is 16.8 Å². The molecule has 1 aromatic heterocycles. The second-order valence-corrected chi connectivity index (χ2v) is 5.07. The van der Waals surface area contributed by atoms with Crippen LogP contribution in [0.15, 0.2) is 6.07 Å². The van der Waals surface area contributed by atoms with Crippen molar-refractivity contribution in [2.24, 2.45) is 0 Å². The van der Waals surface area contributed by atoms with Crippen LogP contribution in [0.3, 0.4) is 0 Å². The molecule has 1 aromatic rings. The molecule has 1 N–H and O–H groups in total. The van der Waals surface area contributed by atoms with E-state index in [9.17, 15) is 0 Å². The van der Waals surface area contributed by atoms with Crippen LogP contribution in [0.25, 0.3) is 0 Å². The molecule has 3 nitrogen and oxygen atoms in total. The molecule has 0 bridgehead atoms. The van der Waals surface area contributed by atoms with Crippen LogP contribution in [-0.2, 0) is 5.41 Å². The van der Waals surface area contributed by atoms with E-state index in [4.69, 9.17) is 18.0 Å². The van der Waals surface area contributed by atoms with Crippen molar-refractivity contribution in [3.8, 4) is 12.3 Å². The minimum absolute atomic E-state index is 0.0845. The van der Waals surface area contributed by atoms with Gasteiger partial charge in [0.25, 0.3) is 0 Å². The van der Waals surface area contributed by atoms with E-state index in [1.54, 1.807) is 6.07 Å². The summed E-state index contributed by atoms with van der Waals surface area (Å²) in [7, 11) is 0. The standard InChI is InChI=1S/C12H16ClN3/c1-6-8(2)14-10-7-9(13)15-11(16-10)12(3,4)5/h1,7-8H,2-5H3,(H,14,15,16). The fraction of sp³-hybridized carbons (Fsp3) is 0.500. The Hall–Kier alpha value is -1.27. The highest BCUT2D eigenvalue weighted by atomic mass is 35.5. The summed E-state index contributed by atoms with van der Waals surface area (Å²) in [5, 5.41) is 3.50. The summed E-state index contributed by atoms with van der Waals surface area (Å²) < 4.78 is 0. The number of rotatable bonds is 2. The van der Waals surface area contributed by atoms with Crippen LogP contribution in [-0.4, -0.2) is 16.0 Å². The van der Waals surface area contributed by atoms with Gasteiger partial charge >= 0.3 is 0 Å². The van der Waals surface area contributed by atoms with Gasteiger partial charge in [-0.15, -0.1) is 6.42 Å². The SMILES string of the molecule is C#CC(C)Nc1cc(Cl)nc(C(C)(C)C)n1. The van der Waals surface area contributed by atoms with E-state index < -0.39 is 0 Å². The zero-order valence-corrected chi connectivity index (χ0v) is 10.8. The van der Waals surface area contributed by atoms with E-state index in [1.807, 2.05) is 27.7 Å². The van der Waals surface area contributed by atoms with Crippen LogP contribution in [0.4, 0.5) is 5.82 Å². The average molecular weight is 238 g/mol. The Morgan fingerprint density at radius 1 is 1.44 bits per heavy atom. The first-order valence-electron chi connectivity index (χ1n) is 5.10. The van der Waals surface area contributed by atoms with Gasteiger partial charge in [-0.3, -0.25) is 0 Å². The Morgan fingerprint density at radius 2 is 2.06 bits per heavy atom. The van der Waals surface area contributed by atoms with Crippen molar-refractivity contribution in [2.75, 3.05) is 5.32 Å². The predicted molar refractivity (Wildman–Crippen MR) is 67.7 cm³/mol. The molecule has 0 saturated carbocycles. The van der Waals surface area contributed by atoms with Gasteiger partial charge in [0.05, 0.1) is 6.04 Å².